The summed E-state index contributed by atoms with van der Waals surface area (Å²) >= 11 is 5.82. The van der Waals surface area contributed by atoms with Gasteiger partial charge in [-0.1, -0.05) is 17.7 Å². The predicted molar refractivity (Wildman–Crippen MR) is 59.8 cm³/mol. The first kappa shape index (κ1) is 11.1. The lowest BCUT2D eigenvalue weighted by atomic mass is 10.1. The van der Waals surface area contributed by atoms with E-state index >= 15 is 0 Å². The zero-order valence-electron chi connectivity index (χ0n) is 8.61. The quantitative estimate of drug-likeness (QED) is 0.881. The zero-order valence-corrected chi connectivity index (χ0v) is 9.37. The summed E-state index contributed by atoms with van der Waals surface area (Å²) in [6, 6.07) is 7.22. The maximum absolute atomic E-state index is 10.7. The minimum Gasteiger partial charge on any atom is -0.493 e. The Kier molecular flexibility index (Phi) is 3.51. The largest absolute Gasteiger partial charge is 0.493 e. The molecule has 1 heterocycles. The Morgan fingerprint density at radius 3 is 3.12 bits per heavy atom. The first-order valence-corrected chi connectivity index (χ1v) is 5.41. The SMILES string of the molecule is O=C1NCC(COc2cccc(Cl)c2)CO1. The highest BCUT2D eigenvalue weighted by atomic mass is 35.5. The Labute approximate surface area is 98.5 Å². The molecule has 1 aliphatic rings. The van der Waals surface area contributed by atoms with Crippen molar-refractivity contribution in [3.8, 4) is 5.75 Å². The molecule has 1 amide bonds. The molecule has 1 aromatic rings. The molecule has 2 rings (SSSR count). The lowest BCUT2D eigenvalue weighted by Crippen LogP contribution is -2.41. The second-order valence-corrected chi connectivity index (χ2v) is 4.05. The number of hydrogen-bond donors (Lipinski definition) is 1. The second kappa shape index (κ2) is 5.07. The van der Waals surface area contributed by atoms with Crippen LogP contribution in [-0.4, -0.2) is 25.9 Å². The van der Waals surface area contributed by atoms with Crippen molar-refractivity contribution >= 4 is 17.7 Å². The highest BCUT2D eigenvalue weighted by Gasteiger charge is 2.19. The van der Waals surface area contributed by atoms with Crippen LogP contribution < -0.4 is 10.1 Å². The average molecular weight is 242 g/mol. The molecule has 1 aromatic carbocycles. The van der Waals surface area contributed by atoms with Crippen molar-refractivity contribution in [1.82, 2.24) is 5.32 Å². The minimum absolute atomic E-state index is 0.177. The van der Waals surface area contributed by atoms with Crippen LogP contribution in [0.4, 0.5) is 4.79 Å². The Bertz CT molecular complexity index is 373. The number of amides is 1. The van der Waals surface area contributed by atoms with Gasteiger partial charge in [0.05, 0.1) is 6.61 Å². The van der Waals surface area contributed by atoms with E-state index in [0.29, 0.717) is 24.8 Å². The van der Waals surface area contributed by atoms with Crippen LogP contribution in [0.1, 0.15) is 0 Å². The van der Waals surface area contributed by atoms with E-state index in [1.54, 1.807) is 12.1 Å². The average Bonchev–Trinajstić information content (AvgIpc) is 2.28. The Morgan fingerprint density at radius 1 is 1.56 bits per heavy atom. The molecule has 0 spiro atoms. The smallest absolute Gasteiger partial charge is 0.407 e. The Balaban J connectivity index is 1.81. The number of benzene rings is 1. The summed E-state index contributed by atoms with van der Waals surface area (Å²) in [6.07, 6.45) is -0.362. The molecule has 1 aliphatic heterocycles. The van der Waals surface area contributed by atoms with Gasteiger partial charge in [-0.15, -0.1) is 0 Å². The molecule has 0 saturated carbocycles. The predicted octanol–water partition coefficient (Wildman–Crippen LogP) is 2.07. The molecule has 0 bridgehead atoms. The van der Waals surface area contributed by atoms with Gasteiger partial charge in [0, 0.05) is 17.5 Å². The summed E-state index contributed by atoms with van der Waals surface area (Å²) in [5.74, 6) is 0.904. The van der Waals surface area contributed by atoms with Crippen molar-refractivity contribution in [2.24, 2.45) is 5.92 Å². The number of carbonyl (C=O) groups excluding carboxylic acids is 1. The normalized spacial score (nSPS) is 19.8. The monoisotopic (exact) mass is 241 g/mol. The number of hydrogen-bond acceptors (Lipinski definition) is 3. The molecule has 4 nitrogen and oxygen atoms in total. The standard InChI is InChI=1S/C11H12ClNO3/c12-9-2-1-3-10(4-9)15-6-8-5-13-11(14)16-7-8/h1-4,8H,5-7H2,(H,13,14). The third kappa shape index (κ3) is 3.03. The molecule has 0 aromatic heterocycles. The van der Waals surface area contributed by atoms with Gasteiger partial charge in [0.15, 0.2) is 0 Å². The van der Waals surface area contributed by atoms with Crippen molar-refractivity contribution in [3.63, 3.8) is 0 Å². The molecular formula is C11H12ClNO3. The molecular weight excluding hydrogens is 230 g/mol. The summed E-state index contributed by atoms with van der Waals surface area (Å²) in [4.78, 5) is 10.7. The van der Waals surface area contributed by atoms with Crippen molar-refractivity contribution in [1.29, 1.82) is 0 Å². The lowest BCUT2D eigenvalue weighted by molar-refractivity contribution is 0.0837. The molecule has 86 valence electrons. The van der Waals surface area contributed by atoms with Crippen LogP contribution in [-0.2, 0) is 4.74 Å². The van der Waals surface area contributed by atoms with E-state index in [9.17, 15) is 4.79 Å². The molecule has 0 radical (unpaired) electrons. The third-order valence-electron chi connectivity index (χ3n) is 2.27. The minimum atomic E-state index is -0.362. The summed E-state index contributed by atoms with van der Waals surface area (Å²) < 4.78 is 10.4. The van der Waals surface area contributed by atoms with Gasteiger partial charge < -0.3 is 14.8 Å². The summed E-state index contributed by atoms with van der Waals surface area (Å²) in [5.41, 5.74) is 0. The van der Waals surface area contributed by atoms with Crippen LogP contribution in [0.2, 0.25) is 5.02 Å². The van der Waals surface area contributed by atoms with Gasteiger partial charge in [0.25, 0.3) is 0 Å². The van der Waals surface area contributed by atoms with E-state index in [0.717, 1.165) is 5.75 Å². The van der Waals surface area contributed by atoms with E-state index in [1.165, 1.54) is 0 Å². The van der Waals surface area contributed by atoms with Gasteiger partial charge in [-0.3, -0.25) is 0 Å². The van der Waals surface area contributed by atoms with Crippen LogP contribution in [0.5, 0.6) is 5.75 Å². The molecule has 16 heavy (non-hydrogen) atoms. The summed E-state index contributed by atoms with van der Waals surface area (Å²) in [6.45, 7) is 1.48. The van der Waals surface area contributed by atoms with E-state index in [4.69, 9.17) is 21.1 Å². The molecule has 1 fully saturated rings. The molecule has 1 saturated heterocycles. The van der Waals surface area contributed by atoms with Crippen LogP contribution in [0.25, 0.3) is 0 Å². The van der Waals surface area contributed by atoms with Crippen LogP contribution in [0.3, 0.4) is 0 Å². The van der Waals surface area contributed by atoms with Crippen molar-refractivity contribution in [2.75, 3.05) is 19.8 Å². The topological polar surface area (TPSA) is 47.6 Å². The molecule has 0 aliphatic carbocycles. The van der Waals surface area contributed by atoms with Gasteiger partial charge in [-0.2, -0.15) is 0 Å². The number of nitrogens with one attached hydrogen (secondary N) is 1. The fraction of sp³-hybridized carbons (Fsp3) is 0.364. The molecule has 1 N–H and O–H groups in total. The summed E-state index contributed by atoms with van der Waals surface area (Å²) in [5, 5.41) is 3.26. The van der Waals surface area contributed by atoms with E-state index in [2.05, 4.69) is 5.32 Å². The number of halogens is 1. The molecule has 1 unspecified atom stereocenters. The number of cyclic esters (lactones) is 1. The van der Waals surface area contributed by atoms with Crippen molar-refractivity contribution in [3.05, 3.63) is 29.3 Å². The van der Waals surface area contributed by atoms with E-state index in [1.807, 2.05) is 12.1 Å². The van der Waals surface area contributed by atoms with Gasteiger partial charge in [-0.25, -0.2) is 4.79 Å². The van der Waals surface area contributed by atoms with Crippen LogP contribution >= 0.6 is 11.6 Å². The maximum atomic E-state index is 10.7. The lowest BCUT2D eigenvalue weighted by Gasteiger charge is -2.22. The van der Waals surface area contributed by atoms with Crippen molar-refractivity contribution in [2.45, 2.75) is 0 Å². The first-order valence-electron chi connectivity index (χ1n) is 5.03. The highest BCUT2D eigenvalue weighted by molar-refractivity contribution is 6.30. The number of carbonyl (C=O) groups is 1. The molecule has 1 atom stereocenters. The van der Waals surface area contributed by atoms with Crippen LogP contribution in [0, 0.1) is 5.92 Å². The van der Waals surface area contributed by atoms with Gasteiger partial charge in [0.1, 0.15) is 12.4 Å². The maximum Gasteiger partial charge on any atom is 0.407 e. The number of rotatable bonds is 3. The molecule has 5 heteroatoms. The third-order valence-corrected chi connectivity index (χ3v) is 2.50. The zero-order chi connectivity index (χ0) is 11.4. The second-order valence-electron chi connectivity index (χ2n) is 3.61. The first-order chi connectivity index (χ1) is 7.74. The number of alkyl carbamates (subject to hydrolysis) is 1. The van der Waals surface area contributed by atoms with E-state index < -0.39 is 0 Å². The Hall–Kier alpha value is -1.42. The highest BCUT2D eigenvalue weighted by Crippen LogP contribution is 2.18. The number of ether oxygens (including phenoxy) is 2. The summed E-state index contributed by atoms with van der Waals surface area (Å²) in [7, 11) is 0. The van der Waals surface area contributed by atoms with Crippen molar-refractivity contribution < 1.29 is 14.3 Å². The van der Waals surface area contributed by atoms with Gasteiger partial charge >= 0.3 is 6.09 Å². The fourth-order valence-electron chi connectivity index (χ4n) is 1.41. The van der Waals surface area contributed by atoms with Gasteiger partial charge in [0.2, 0.25) is 0 Å². The van der Waals surface area contributed by atoms with Crippen LogP contribution in [0.15, 0.2) is 24.3 Å². The Morgan fingerprint density at radius 2 is 2.44 bits per heavy atom. The van der Waals surface area contributed by atoms with E-state index in [-0.39, 0.29) is 12.0 Å². The fourth-order valence-corrected chi connectivity index (χ4v) is 1.59. The van der Waals surface area contributed by atoms with Gasteiger partial charge in [-0.05, 0) is 18.2 Å².